The molecule has 1 aliphatic rings. The van der Waals surface area contributed by atoms with Crippen LogP contribution in [0.5, 0.6) is 0 Å². The molecule has 0 saturated carbocycles. The highest BCUT2D eigenvalue weighted by Crippen LogP contribution is 2.40. The van der Waals surface area contributed by atoms with Crippen molar-refractivity contribution in [2.45, 2.75) is 31.3 Å². The molecule has 0 amide bonds. The zero-order valence-electron chi connectivity index (χ0n) is 13.6. The van der Waals surface area contributed by atoms with Gasteiger partial charge < -0.3 is 9.15 Å². The molecule has 24 heavy (non-hydrogen) atoms. The van der Waals surface area contributed by atoms with Crippen LogP contribution < -0.4 is 0 Å². The van der Waals surface area contributed by atoms with Crippen molar-refractivity contribution in [2.75, 3.05) is 6.61 Å². The molecule has 1 fully saturated rings. The SMILES string of the molecule is Cn1nccc1Cc1nnc([C@@H]2CCCO[C@H]2c2ccccc2)o1. The predicted octanol–water partition coefficient (Wildman–Crippen LogP) is 3.03. The molecule has 1 saturated heterocycles. The summed E-state index contributed by atoms with van der Waals surface area (Å²) in [7, 11) is 1.91. The maximum atomic E-state index is 6.02. The van der Waals surface area contributed by atoms with Crippen LogP contribution in [0.4, 0.5) is 0 Å². The first-order valence-corrected chi connectivity index (χ1v) is 8.27. The highest BCUT2D eigenvalue weighted by molar-refractivity contribution is 5.21. The Bertz CT molecular complexity index is 796. The van der Waals surface area contributed by atoms with Gasteiger partial charge in [0.05, 0.1) is 18.4 Å². The van der Waals surface area contributed by atoms with Crippen LogP contribution in [0, 0.1) is 0 Å². The molecule has 0 spiro atoms. The summed E-state index contributed by atoms with van der Waals surface area (Å²) in [6.45, 7) is 0.770. The van der Waals surface area contributed by atoms with Gasteiger partial charge in [-0.1, -0.05) is 30.3 Å². The van der Waals surface area contributed by atoms with Crippen LogP contribution in [0.15, 0.2) is 47.0 Å². The fourth-order valence-electron chi connectivity index (χ4n) is 3.22. The van der Waals surface area contributed by atoms with E-state index in [1.807, 2.05) is 36.0 Å². The number of rotatable bonds is 4. The summed E-state index contributed by atoms with van der Waals surface area (Å²) in [5.74, 6) is 1.39. The Morgan fingerprint density at radius 1 is 1.17 bits per heavy atom. The first-order chi connectivity index (χ1) is 11.8. The van der Waals surface area contributed by atoms with Crippen LogP contribution in [0.3, 0.4) is 0 Å². The first-order valence-electron chi connectivity index (χ1n) is 8.27. The van der Waals surface area contributed by atoms with Gasteiger partial charge in [0.2, 0.25) is 11.8 Å². The molecule has 2 atom stereocenters. The smallest absolute Gasteiger partial charge is 0.222 e. The third-order valence-corrected chi connectivity index (χ3v) is 4.50. The maximum absolute atomic E-state index is 6.02. The second kappa shape index (κ2) is 6.57. The van der Waals surface area contributed by atoms with Crippen LogP contribution in [-0.2, 0) is 18.2 Å². The predicted molar refractivity (Wildman–Crippen MR) is 87.4 cm³/mol. The van der Waals surface area contributed by atoms with Crippen LogP contribution in [0.25, 0.3) is 0 Å². The van der Waals surface area contributed by atoms with Gasteiger partial charge in [0.25, 0.3) is 0 Å². The minimum atomic E-state index is -0.0232. The topological polar surface area (TPSA) is 66.0 Å². The number of hydrogen-bond donors (Lipinski definition) is 0. The van der Waals surface area contributed by atoms with E-state index in [0.29, 0.717) is 18.2 Å². The number of aryl methyl sites for hydroxylation is 1. The van der Waals surface area contributed by atoms with E-state index in [2.05, 4.69) is 27.4 Å². The third-order valence-electron chi connectivity index (χ3n) is 4.50. The van der Waals surface area contributed by atoms with E-state index in [1.54, 1.807) is 6.20 Å². The molecular formula is C18H20N4O2. The van der Waals surface area contributed by atoms with Gasteiger partial charge in [0, 0.05) is 25.5 Å². The molecule has 2 aromatic heterocycles. The normalized spacial score (nSPS) is 21.0. The van der Waals surface area contributed by atoms with E-state index in [-0.39, 0.29) is 12.0 Å². The monoisotopic (exact) mass is 324 g/mol. The molecule has 3 heterocycles. The van der Waals surface area contributed by atoms with Gasteiger partial charge in [-0.3, -0.25) is 4.68 Å². The van der Waals surface area contributed by atoms with E-state index in [9.17, 15) is 0 Å². The van der Waals surface area contributed by atoms with Gasteiger partial charge in [-0.15, -0.1) is 10.2 Å². The number of hydrogen-bond acceptors (Lipinski definition) is 5. The lowest BCUT2D eigenvalue weighted by molar-refractivity contribution is -0.00919. The largest absolute Gasteiger partial charge is 0.424 e. The lowest BCUT2D eigenvalue weighted by Gasteiger charge is -2.29. The van der Waals surface area contributed by atoms with Crippen molar-refractivity contribution in [1.82, 2.24) is 20.0 Å². The molecule has 0 unspecified atom stereocenters. The Morgan fingerprint density at radius 2 is 2.04 bits per heavy atom. The maximum Gasteiger partial charge on any atom is 0.222 e. The zero-order chi connectivity index (χ0) is 16.4. The van der Waals surface area contributed by atoms with E-state index < -0.39 is 0 Å². The number of nitrogens with zero attached hydrogens (tertiary/aromatic N) is 4. The number of benzene rings is 1. The molecule has 124 valence electrons. The molecular weight excluding hydrogens is 304 g/mol. The van der Waals surface area contributed by atoms with E-state index in [4.69, 9.17) is 9.15 Å². The van der Waals surface area contributed by atoms with Crippen molar-refractivity contribution < 1.29 is 9.15 Å². The van der Waals surface area contributed by atoms with Gasteiger partial charge >= 0.3 is 0 Å². The van der Waals surface area contributed by atoms with Crippen molar-refractivity contribution >= 4 is 0 Å². The van der Waals surface area contributed by atoms with Crippen molar-refractivity contribution in [1.29, 1.82) is 0 Å². The second-order valence-corrected chi connectivity index (χ2v) is 6.11. The second-order valence-electron chi connectivity index (χ2n) is 6.11. The highest BCUT2D eigenvalue weighted by Gasteiger charge is 2.32. The summed E-state index contributed by atoms with van der Waals surface area (Å²) in [6.07, 6.45) is 4.34. The van der Waals surface area contributed by atoms with Crippen molar-refractivity contribution in [3.63, 3.8) is 0 Å². The minimum absolute atomic E-state index is 0.0232. The summed E-state index contributed by atoms with van der Waals surface area (Å²) in [5.41, 5.74) is 2.21. The molecule has 4 rings (SSSR count). The fourth-order valence-corrected chi connectivity index (χ4v) is 3.22. The molecule has 6 nitrogen and oxygen atoms in total. The molecule has 3 aromatic rings. The summed E-state index contributed by atoms with van der Waals surface area (Å²) in [5, 5.41) is 12.7. The summed E-state index contributed by atoms with van der Waals surface area (Å²) >= 11 is 0. The number of ether oxygens (including phenoxy) is 1. The fraction of sp³-hybridized carbons (Fsp3) is 0.389. The Labute approximate surface area is 140 Å². The van der Waals surface area contributed by atoms with Crippen LogP contribution in [0.1, 0.15) is 47.9 Å². The molecule has 0 N–H and O–H groups in total. The van der Waals surface area contributed by atoms with Gasteiger partial charge in [-0.05, 0) is 24.5 Å². The first kappa shape index (κ1) is 15.1. The summed E-state index contributed by atoms with van der Waals surface area (Å²) < 4.78 is 13.8. The molecule has 1 aliphatic heterocycles. The minimum Gasteiger partial charge on any atom is -0.424 e. The van der Waals surface area contributed by atoms with E-state index in [0.717, 1.165) is 30.7 Å². The zero-order valence-corrected chi connectivity index (χ0v) is 13.6. The quantitative estimate of drug-likeness (QED) is 0.738. The lowest BCUT2D eigenvalue weighted by Crippen LogP contribution is -2.21. The van der Waals surface area contributed by atoms with Crippen LogP contribution in [0.2, 0.25) is 0 Å². The average Bonchev–Trinajstić information content (AvgIpc) is 3.26. The van der Waals surface area contributed by atoms with Crippen molar-refractivity contribution in [3.8, 4) is 0 Å². The number of aromatic nitrogens is 4. The third kappa shape index (κ3) is 2.97. The van der Waals surface area contributed by atoms with Gasteiger partial charge in [0.15, 0.2) is 0 Å². The summed E-state index contributed by atoms with van der Waals surface area (Å²) in [4.78, 5) is 0. The average molecular weight is 324 g/mol. The molecule has 0 aliphatic carbocycles. The van der Waals surface area contributed by atoms with Crippen molar-refractivity contribution in [3.05, 3.63) is 65.6 Å². The Morgan fingerprint density at radius 3 is 2.83 bits per heavy atom. The lowest BCUT2D eigenvalue weighted by atomic mass is 9.89. The Balaban J connectivity index is 1.57. The van der Waals surface area contributed by atoms with Crippen molar-refractivity contribution in [2.24, 2.45) is 7.05 Å². The van der Waals surface area contributed by atoms with Crippen LogP contribution >= 0.6 is 0 Å². The molecule has 6 heteroatoms. The van der Waals surface area contributed by atoms with Crippen LogP contribution in [-0.4, -0.2) is 26.6 Å². The Kier molecular flexibility index (Phi) is 4.13. The van der Waals surface area contributed by atoms with Gasteiger partial charge in [-0.25, -0.2) is 0 Å². The molecule has 0 radical (unpaired) electrons. The van der Waals surface area contributed by atoms with Gasteiger partial charge in [0.1, 0.15) is 0 Å². The Hall–Kier alpha value is -2.47. The van der Waals surface area contributed by atoms with E-state index in [1.165, 1.54) is 0 Å². The standard InChI is InChI=1S/C18H20N4O2/c1-22-14(9-10-19-22)12-16-20-21-18(24-16)15-8-5-11-23-17(15)13-6-3-2-4-7-13/h2-4,6-7,9-10,15,17H,5,8,11-12H2,1H3/t15-,17+/m1/s1. The molecule has 1 aromatic carbocycles. The highest BCUT2D eigenvalue weighted by atomic mass is 16.5. The van der Waals surface area contributed by atoms with E-state index >= 15 is 0 Å². The van der Waals surface area contributed by atoms with Gasteiger partial charge in [-0.2, -0.15) is 5.10 Å². The summed E-state index contributed by atoms with van der Waals surface area (Å²) in [6, 6.07) is 12.2. The molecule has 0 bridgehead atoms.